The summed E-state index contributed by atoms with van der Waals surface area (Å²) in [7, 11) is 0. The van der Waals surface area contributed by atoms with Crippen LogP contribution >= 0.6 is 22.9 Å². The van der Waals surface area contributed by atoms with Crippen molar-refractivity contribution < 1.29 is 0 Å². The molecule has 0 radical (unpaired) electrons. The van der Waals surface area contributed by atoms with Crippen LogP contribution in [-0.4, -0.2) is 4.98 Å². The van der Waals surface area contributed by atoms with Gasteiger partial charge >= 0.3 is 0 Å². The third kappa shape index (κ3) is 3.28. The monoisotopic (exact) mass is 294 g/mol. The highest BCUT2D eigenvalue weighted by molar-refractivity contribution is 7.15. The first-order chi connectivity index (χ1) is 9.01. The lowest BCUT2D eigenvalue weighted by Gasteiger charge is -2.09. The molecule has 102 valence electrons. The van der Waals surface area contributed by atoms with E-state index in [0.29, 0.717) is 5.13 Å². The molecule has 0 aliphatic heterocycles. The SMILES string of the molecule is CCCc1nc(N)sc1Cc1c(C)cc(C)cc1Cl. The van der Waals surface area contributed by atoms with E-state index in [-0.39, 0.29) is 0 Å². The summed E-state index contributed by atoms with van der Waals surface area (Å²) in [4.78, 5) is 5.67. The second kappa shape index (κ2) is 5.93. The van der Waals surface area contributed by atoms with Crippen molar-refractivity contribution in [3.63, 3.8) is 0 Å². The Morgan fingerprint density at radius 2 is 2.05 bits per heavy atom. The number of halogens is 1. The zero-order valence-corrected chi connectivity index (χ0v) is 13.2. The number of hydrogen-bond acceptors (Lipinski definition) is 3. The predicted octanol–water partition coefficient (Wildman–Crippen LogP) is 4.54. The fraction of sp³-hybridized carbons (Fsp3) is 0.400. The number of benzene rings is 1. The number of hydrogen-bond donors (Lipinski definition) is 1. The molecular weight excluding hydrogens is 276 g/mol. The molecule has 0 fully saturated rings. The average molecular weight is 295 g/mol. The Morgan fingerprint density at radius 1 is 1.32 bits per heavy atom. The van der Waals surface area contributed by atoms with Gasteiger partial charge in [0.1, 0.15) is 0 Å². The molecule has 1 aromatic heterocycles. The molecule has 0 unspecified atom stereocenters. The van der Waals surface area contributed by atoms with Gasteiger partial charge in [0.05, 0.1) is 5.69 Å². The third-order valence-corrected chi connectivity index (χ3v) is 4.45. The number of nitrogens with zero attached hydrogens (tertiary/aromatic N) is 1. The van der Waals surface area contributed by atoms with Crippen LogP contribution in [0.15, 0.2) is 12.1 Å². The summed E-state index contributed by atoms with van der Waals surface area (Å²) >= 11 is 7.95. The van der Waals surface area contributed by atoms with Crippen LogP contribution in [0.4, 0.5) is 5.13 Å². The summed E-state index contributed by atoms with van der Waals surface area (Å²) in [5, 5.41) is 1.49. The number of nitrogen functional groups attached to an aromatic ring is 1. The Labute approximate surface area is 123 Å². The van der Waals surface area contributed by atoms with Gasteiger partial charge in [0.25, 0.3) is 0 Å². The maximum absolute atomic E-state index is 6.37. The van der Waals surface area contributed by atoms with Gasteiger partial charge in [-0.1, -0.05) is 31.0 Å². The van der Waals surface area contributed by atoms with Crippen LogP contribution in [0.5, 0.6) is 0 Å². The van der Waals surface area contributed by atoms with Crippen molar-refractivity contribution in [2.45, 2.75) is 40.0 Å². The van der Waals surface area contributed by atoms with Gasteiger partial charge in [-0.2, -0.15) is 0 Å². The lowest BCUT2D eigenvalue weighted by atomic mass is 10.0. The van der Waals surface area contributed by atoms with Crippen LogP contribution in [-0.2, 0) is 12.8 Å². The first-order valence-corrected chi connectivity index (χ1v) is 7.70. The molecule has 2 N–H and O–H groups in total. The van der Waals surface area contributed by atoms with Crippen LogP contribution < -0.4 is 5.73 Å². The Morgan fingerprint density at radius 3 is 2.68 bits per heavy atom. The van der Waals surface area contributed by atoms with Gasteiger partial charge in [-0.15, -0.1) is 11.3 Å². The fourth-order valence-corrected chi connectivity index (χ4v) is 3.58. The normalized spacial score (nSPS) is 10.9. The second-order valence-corrected chi connectivity index (χ2v) is 6.41. The van der Waals surface area contributed by atoms with Crippen LogP contribution in [0.2, 0.25) is 5.02 Å². The minimum absolute atomic E-state index is 0.652. The number of nitrogens with two attached hydrogens (primary N) is 1. The molecule has 1 heterocycles. The lowest BCUT2D eigenvalue weighted by molar-refractivity contribution is 0.879. The minimum Gasteiger partial charge on any atom is -0.375 e. The largest absolute Gasteiger partial charge is 0.375 e. The maximum atomic E-state index is 6.37. The highest BCUT2D eigenvalue weighted by Crippen LogP contribution is 2.30. The Bertz CT molecular complexity index is 567. The van der Waals surface area contributed by atoms with E-state index in [1.54, 1.807) is 11.3 Å². The first-order valence-electron chi connectivity index (χ1n) is 6.51. The van der Waals surface area contributed by atoms with Crippen molar-refractivity contribution >= 4 is 28.1 Å². The van der Waals surface area contributed by atoms with Crippen LogP contribution in [0.25, 0.3) is 0 Å². The lowest BCUT2D eigenvalue weighted by Crippen LogP contribution is -1.96. The van der Waals surface area contributed by atoms with Crippen molar-refractivity contribution in [2.24, 2.45) is 0 Å². The molecule has 19 heavy (non-hydrogen) atoms. The van der Waals surface area contributed by atoms with E-state index in [2.05, 4.69) is 31.8 Å². The number of anilines is 1. The Balaban J connectivity index is 2.36. The third-order valence-electron chi connectivity index (χ3n) is 3.18. The molecular formula is C15H19ClN2S. The molecule has 0 atom stereocenters. The second-order valence-electron chi connectivity index (χ2n) is 4.89. The van der Waals surface area contributed by atoms with Crippen LogP contribution in [0, 0.1) is 13.8 Å². The summed E-state index contributed by atoms with van der Waals surface area (Å²) in [6, 6.07) is 4.19. The topological polar surface area (TPSA) is 38.9 Å². The first kappa shape index (κ1) is 14.4. The predicted molar refractivity (Wildman–Crippen MR) is 84.3 cm³/mol. The van der Waals surface area contributed by atoms with Gasteiger partial charge in [0, 0.05) is 16.3 Å². The van der Waals surface area contributed by atoms with E-state index >= 15 is 0 Å². The fourth-order valence-electron chi connectivity index (χ4n) is 2.30. The Kier molecular flexibility index (Phi) is 4.48. The molecule has 2 nitrogen and oxygen atoms in total. The van der Waals surface area contributed by atoms with E-state index < -0.39 is 0 Å². The molecule has 0 saturated carbocycles. The maximum Gasteiger partial charge on any atom is 0.180 e. The summed E-state index contributed by atoms with van der Waals surface area (Å²) in [6.07, 6.45) is 2.89. The molecule has 0 saturated heterocycles. The smallest absolute Gasteiger partial charge is 0.180 e. The van der Waals surface area contributed by atoms with E-state index in [4.69, 9.17) is 17.3 Å². The van der Waals surface area contributed by atoms with Gasteiger partial charge in [-0.25, -0.2) is 4.98 Å². The van der Waals surface area contributed by atoms with E-state index in [1.165, 1.54) is 21.6 Å². The number of aryl methyl sites for hydroxylation is 3. The summed E-state index contributed by atoms with van der Waals surface area (Å²) in [6.45, 7) is 6.33. The molecule has 4 heteroatoms. The number of thiazole rings is 1. The summed E-state index contributed by atoms with van der Waals surface area (Å²) < 4.78 is 0. The molecule has 2 aromatic rings. The zero-order chi connectivity index (χ0) is 14.0. The average Bonchev–Trinajstić information content (AvgIpc) is 2.64. The molecule has 0 bridgehead atoms. The summed E-state index contributed by atoms with van der Waals surface area (Å²) in [5.74, 6) is 0. The van der Waals surface area contributed by atoms with Crippen molar-refractivity contribution in [3.05, 3.63) is 44.4 Å². The van der Waals surface area contributed by atoms with Crippen LogP contribution in [0.3, 0.4) is 0 Å². The molecule has 2 rings (SSSR count). The highest BCUT2D eigenvalue weighted by Gasteiger charge is 2.13. The van der Waals surface area contributed by atoms with Gasteiger partial charge in [0.2, 0.25) is 0 Å². The number of aromatic nitrogens is 1. The molecule has 0 amide bonds. The zero-order valence-electron chi connectivity index (χ0n) is 11.6. The number of rotatable bonds is 4. The van der Waals surface area contributed by atoms with E-state index in [1.807, 2.05) is 6.07 Å². The van der Waals surface area contributed by atoms with E-state index in [0.717, 1.165) is 30.0 Å². The van der Waals surface area contributed by atoms with Gasteiger partial charge < -0.3 is 5.73 Å². The molecule has 1 aromatic carbocycles. The Hall–Kier alpha value is -1.06. The van der Waals surface area contributed by atoms with Crippen LogP contribution in [0.1, 0.15) is 40.6 Å². The van der Waals surface area contributed by atoms with Crippen molar-refractivity contribution in [1.82, 2.24) is 4.98 Å². The molecule has 0 spiro atoms. The van der Waals surface area contributed by atoms with Crippen molar-refractivity contribution in [3.8, 4) is 0 Å². The van der Waals surface area contributed by atoms with Crippen molar-refractivity contribution in [1.29, 1.82) is 0 Å². The quantitative estimate of drug-likeness (QED) is 0.899. The van der Waals surface area contributed by atoms with Crippen molar-refractivity contribution in [2.75, 3.05) is 5.73 Å². The molecule has 0 aliphatic rings. The molecule has 0 aliphatic carbocycles. The van der Waals surface area contributed by atoms with Gasteiger partial charge in [-0.05, 0) is 43.0 Å². The summed E-state index contributed by atoms with van der Waals surface area (Å²) in [5.41, 5.74) is 10.6. The van der Waals surface area contributed by atoms with E-state index in [9.17, 15) is 0 Å². The minimum atomic E-state index is 0.652. The highest BCUT2D eigenvalue weighted by atomic mass is 35.5. The van der Waals surface area contributed by atoms with Gasteiger partial charge in [-0.3, -0.25) is 0 Å². The van der Waals surface area contributed by atoms with Gasteiger partial charge in [0.15, 0.2) is 5.13 Å². The standard InChI is InChI=1S/C15H19ClN2S/c1-4-5-13-14(19-15(17)18-13)8-11-10(3)6-9(2)7-12(11)16/h6-7H,4-5,8H2,1-3H3,(H2,17,18).